The number of hydrogen-bond acceptors (Lipinski definition) is 4. The van der Waals surface area contributed by atoms with Crippen molar-refractivity contribution in [2.75, 3.05) is 6.61 Å². The molecule has 1 aliphatic rings. The molecule has 1 saturated heterocycles. The molecule has 1 unspecified atom stereocenters. The van der Waals surface area contributed by atoms with Crippen molar-refractivity contribution in [3.63, 3.8) is 0 Å². The van der Waals surface area contributed by atoms with E-state index in [9.17, 15) is 18.0 Å². The Morgan fingerprint density at radius 1 is 1.04 bits per heavy atom. The van der Waals surface area contributed by atoms with Gasteiger partial charge in [0.1, 0.15) is 17.6 Å². The summed E-state index contributed by atoms with van der Waals surface area (Å²) in [6.45, 7) is 0.657. The Labute approximate surface area is 158 Å². The number of halogens is 3. The molecule has 0 bridgehead atoms. The summed E-state index contributed by atoms with van der Waals surface area (Å²) in [5.41, 5.74) is -0.186. The quantitative estimate of drug-likeness (QED) is 0.602. The highest BCUT2D eigenvalue weighted by Gasteiger charge is 2.30. The van der Waals surface area contributed by atoms with Crippen LogP contribution in [0.1, 0.15) is 24.8 Å². The molecular formula is C21H17F3O4. The lowest BCUT2D eigenvalue weighted by Gasteiger charge is -2.23. The molecule has 4 rings (SSSR count). The van der Waals surface area contributed by atoms with Gasteiger partial charge in [0, 0.05) is 12.5 Å². The van der Waals surface area contributed by atoms with Crippen molar-refractivity contribution in [1.29, 1.82) is 0 Å². The lowest BCUT2D eigenvalue weighted by atomic mass is 10.0. The lowest BCUT2D eigenvalue weighted by molar-refractivity contribution is -0.137. The molecule has 1 atom stereocenters. The Bertz CT molecular complexity index is 1030. The molecule has 28 heavy (non-hydrogen) atoms. The van der Waals surface area contributed by atoms with E-state index in [1.165, 1.54) is 18.4 Å². The first-order chi connectivity index (χ1) is 13.4. The largest absolute Gasteiger partial charge is 0.465 e. The van der Waals surface area contributed by atoms with Crippen LogP contribution in [-0.4, -0.2) is 12.9 Å². The maximum Gasteiger partial charge on any atom is 0.416 e. The van der Waals surface area contributed by atoms with Crippen molar-refractivity contribution in [3.8, 4) is 16.9 Å². The predicted molar refractivity (Wildman–Crippen MR) is 97.1 cm³/mol. The van der Waals surface area contributed by atoms with Crippen LogP contribution in [0.15, 0.2) is 57.9 Å². The van der Waals surface area contributed by atoms with Gasteiger partial charge in [-0.05, 0) is 42.7 Å². The zero-order valence-electron chi connectivity index (χ0n) is 14.8. The fraction of sp³-hybridized carbons (Fsp3) is 0.286. The molecule has 0 amide bonds. The first-order valence-corrected chi connectivity index (χ1v) is 8.93. The summed E-state index contributed by atoms with van der Waals surface area (Å²) in [5, 5.41) is 0.328. The first kappa shape index (κ1) is 18.6. The molecule has 0 radical (unpaired) electrons. The molecule has 1 fully saturated rings. The third-order valence-corrected chi connectivity index (χ3v) is 4.67. The Kier molecular flexibility index (Phi) is 4.85. The third-order valence-electron chi connectivity index (χ3n) is 4.67. The summed E-state index contributed by atoms with van der Waals surface area (Å²) in [5.74, 6) is 0.532. The van der Waals surface area contributed by atoms with E-state index in [4.69, 9.17) is 13.9 Å². The molecule has 7 heteroatoms. The van der Waals surface area contributed by atoms with Gasteiger partial charge in [0.25, 0.3) is 0 Å². The van der Waals surface area contributed by atoms with Crippen molar-refractivity contribution >= 4 is 11.0 Å². The molecule has 0 aliphatic carbocycles. The highest BCUT2D eigenvalue weighted by atomic mass is 19.4. The topological polar surface area (TPSA) is 48.7 Å². The van der Waals surface area contributed by atoms with Gasteiger partial charge in [-0.2, -0.15) is 13.2 Å². The minimum absolute atomic E-state index is 0.200. The molecule has 2 aromatic carbocycles. The second-order valence-electron chi connectivity index (χ2n) is 6.63. The average Bonchev–Trinajstić information content (AvgIpc) is 2.68. The van der Waals surface area contributed by atoms with Gasteiger partial charge in [-0.1, -0.05) is 12.1 Å². The van der Waals surface area contributed by atoms with Crippen LogP contribution in [-0.2, 0) is 10.9 Å². The summed E-state index contributed by atoms with van der Waals surface area (Å²) >= 11 is 0. The van der Waals surface area contributed by atoms with Gasteiger partial charge in [-0.15, -0.1) is 0 Å². The van der Waals surface area contributed by atoms with Crippen LogP contribution in [0.4, 0.5) is 13.2 Å². The zero-order chi connectivity index (χ0) is 19.7. The van der Waals surface area contributed by atoms with E-state index >= 15 is 0 Å². The smallest absolute Gasteiger partial charge is 0.416 e. The minimum Gasteiger partial charge on any atom is -0.465 e. The van der Waals surface area contributed by atoms with Crippen LogP contribution in [0.3, 0.4) is 0 Å². The number of rotatable bonds is 3. The molecular weight excluding hydrogens is 373 g/mol. The summed E-state index contributed by atoms with van der Waals surface area (Å²) in [7, 11) is 0. The number of alkyl halides is 3. The van der Waals surface area contributed by atoms with Gasteiger partial charge >= 0.3 is 6.18 Å². The van der Waals surface area contributed by atoms with E-state index in [1.807, 2.05) is 0 Å². The molecule has 1 aliphatic heterocycles. The van der Waals surface area contributed by atoms with Crippen molar-refractivity contribution in [1.82, 2.24) is 0 Å². The molecule has 2 heterocycles. The number of fused-ring (bicyclic) bond motifs is 1. The summed E-state index contributed by atoms with van der Waals surface area (Å²) in [6, 6.07) is 9.28. The number of ether oxygens (including phenoxy) is 2. The Balaban J connectivity index is 1.63. The molecule has 1 aromatic heterocycles. The maximum absolute atomic E-state index is 12.8. The normalized spacial score (nSPS) is 17.6. The fourth-order valence-corrected chi connectivity index (χ4v) is 3.18. The van der Waals surface area contributed by atoms with Gasteiger partial charge in [0.2, 0.25) is 0 Å². The fourth-order valence-electron chi connectivity index (χ4n) is 3.18. The molecule has 0 spiro atoms. The molecule has 146 valence electrons. The summed E-state index contributed by atoms with van der Waals surface area (Å²) < 4.78 is 55.0. The van der Waals surface area contributed by atoms with E-state index in [0.29, 0.717) is 28.9 Å². The summed E-state index contributed by atoms with van der Waals surface area (Å²) in [4.78, 5) is 12.8. The SMILES string of the molecule is O=c1c(-c2ccc(C(F)(F)F)cc2)coc2cc(OC3CCCCO3)ccc12. The molecule has 0 saturated carbocycles. The van der Waals surface area contributed by atoms with Gasteiger partial charge in [-0.3, -0.25) is 4.79 Å². The van der Waals surface area contributed by atoms with Crippen LogP contribution in [0.5, 0.6) is 5.75 Å². The zero-order valence-corrected chi connectivity index (χ0v) is 14.8. The standard InChI is InChI=1S/C21H17F3O4/c22-21(23,24)14-6-4-13(5-7-14)17-12-27-18-11-15(8-9-16(18)20(17)25)28-19-3-1-2-10-26-19/h4-9,11-12,19H,1-3,10H2. The van der Waals surface area contributed by atoms with E-state index in [2.05, 4.69) is 0 Å². The van der Waals surface area contributed by atoms with Gasteiger partial charge in [0.15, 0.2) is 11.7 Å². The number of hydrogen-bond donors (Lipinski definition) is 0. The van der Waals surface area contributed by atoms with E-state index < -0.39 is 11.7 Å². The first-order valence-electron chi connectivity index (χ1n) is 8.93. The Hall–Kier alpha value is -2.80. The van der Waals surface area contributed by atoms with Crippen molar-refractivity contribution < 1.29 is 27.1 Å². The van der Waals surface area contributed by atoms with Gasteiger partial charge < -0.3 is 13.9 Å². The second-order valence-corrected chi connectivity index (χ2v) is 6.63. The van der Waals surface area contributed by atoms with E-state index in [1.54, 1.807) is 18.2 Å². The maximum atomic E-state index is 12.8. The highest BCUT2D eigenvalue weighted by molar-refractivity contribution is 5.82. The predicted octanol–water partition coefficient (Wildman–Crippen LogP) is 5.38. The Morgan fingerprint density at radius 2 is 1.82 bits per heavy atom. The van der Waals surface area contributed by atoms with Crippen LogP contribution in [0.25, 0.3) is 22.1 Å². The lowest BCUT2D eigenvalue weighted by Crippen LogP contribution is -2.24. The van der Waals surface area contributed by atoms with E-state index in [0.717, 1.165) is 31.4 Å². The summed E-state index contributed by atoms with van der Waals surface area (Å²) in [6.07, 6.45) is -0.638. The Morgan fingerprint density at radius 3 is 2.50 bits per heavy atom. The number of benzene rings is 2. The third kappa shape index (κ3) is 3.75. The second kappa shape index (κ2) is 7.31. The van der Waals surface area contributed by atoms with Crippen molar-refractivity contribution in [2.45, 2.75) is 31.7 Å². The molecule has 4 nitrogen and oxygen atoms in total. The van der Waals surface area contributed by atoms with Crippen LogP contribution >= 0.6 is 0 Å². The average molecular weight is 390 g/mol. The van der Waals surface area contributed by atoms with Crippen molar-refractivity contribution in [3.05, 3.63) is 64.5 Å². The molecule has 0 N–H and O–H groups in total. The monoisotopic (exact) mass is 390 g/mol. The highest BCUT2D eigenvalue weighted by Crippen LogP contribution is 2.31. The van der Waals surface area contributed by atoms with Crippen LogP contribution in [0, 0.1) is 0 Å². The molecule has 3 aromatic rings. The van der Waals surface area contributed by atoms with Crippen molar-refractivity contribution in [2.24, 2.45) is 0 Å². The van der Waals surface area contributed by atoms with Crippen LogP contribution < -0.4 is 10.2 Å². The van der Waals surface area contributed by atoms with Crippen LogP contribution in [0.2, 0.25) is 0 Å². The van der Waals surface area contributed by atoms with Gasteiger partial charge in [-0.25, -0.2) is 0 Å². The van der Waals surface area contributed by atoms with Gasteiger partial charge in [0.05, 0.1) is 23.1 Å². The van der Waals surface area contributed by atoms with E-state index in [-0.39, 0.29) is 17.3 Å². The minimum atomic E-state index is -4.43.